The number of rotatable bonds is 36. The molecule has 15 heteroatoms. The van der Waals surface area contributed by atoms with Crippen molar-refractivity contribution in [2.24, 2.45) is 0 Å². The number of unbranched alkanes of at least 4 members (excludes halogenated alkanes) is 18. The highest BCUT2D eigenvalue weighted by atomic mass is 16.6. The maximum Gasteiger partial charge on any atom is 0.358 e. The third-order valence-electron chi connectivity index (χ3n) is 27.8. The second-order valence-electron chi connectivity index (χ2n) is 35.5. The molecule has 3 aliphatic heterocycles. The molecule has 0 fully saturated rings. The molecule has 0 unspecified atom stereocenters. The molecule has 654 valence electrons. The third-order valence-corrected chi connectivity index (χ3v) is 27.8. The molecular formula is C111H129N9O6. The van der Waals surface area contributed by atoms with E-state index in [0.29, 0.717) is 17.1 Å². The fraction of sp³-hybridized carbons (Fsp3) is 0.405. The number of benzene rings is 6. The van der Waals surface area contributed by atoms with Crippen molar-refractivity contribution in [2.45, 2.75) is 293 Å². The van der Waals surface area contributed by atoms with Gasteiger partial charge in [-0.15, -0.1) is 0 Å². The first-order valence-corrected chi connectivity index (χ1v) is 47.7. The standard InChI is InChI=1S/C39H47N3O2.C37H43N3O2.C35H39N3O2/c1-5-7-9-11-17-26-41-28(3)35(30-20-13-15-23-33(30)41)39(32-22-19-25-40-37(32)38(43)44-39)36-29(4)42(27-18-12-10-8-6-2)34-24-16-14-21-31(34)36;1-5-7-9-15-24-39-26(3)33(28-18-11-13-21-31(28)39)37(30-20-17-23-38-35(30)36(41)42-37)34-27(4)40(25-16-10-8-6-2)32-22-14-12-19-29(32)34;1-5-7-13-22-37-24(3)31(26-16-9-11-19-29(26)37)35(28-18-15-21-36-33(28)34(39)40-35)32-25(4)38(23-14-8-6-2)30-20-12-10-17-27(30)32/h13-16,19-25H,5-12,17-18,26-27H2,1-4H3;11-14,17-23H,5-10,15-16,24-25H2,1-4H3;9-12,15-21H,5-8,13-14,22-23H2,1-4H3. The van der Waals surface area contributed by atoms with E-state index in [1.807, 2.05) is 30.3 Å². The van der Waals surface area contributed by atoms with Crippen molar-refractivity contribution in [3.05, 3.63) is 302 Å². The van der Waals surface area contributed by atoms with Gasteiger partial charge in [-0.3, -0.25) is 0 Å². The van der Waals surface area contributed by atoms with Crippen LogP contribution in [0.3, 0.4) is 0 Å². The number of nitrogens with zero attached hydrogens (tertiary/aromatic N) is 9. The molecule has 126 heavy (non-hydrogen) atoms. The first-order valence-electron chi connectivity index (χ1n) is 47.7. The highest BCUT2D eigenvalue weighted by Crippen LogP contribution is 2.58. The lowest BCUT2D eigenvalue weighted by molar-refractivity contribution is 0.0243. The number of pyridine rings is 3. The molecule has 6 aromatic carbocycles. The van der Waals surface area contributed by atoms with Gasteiger partial charge in [-0.05, 0) is 135 Å². The Kier molecular flexibility index (Phi) is 27.0. The van der Waals surface area contributed by atoms with Crippen LogP contribution in [0.15, 0.2) is 201 Å². The molecule has 0 bridgehead atoms. The zero-order valence-electron chi connectivity index (χ0n) is 76.7. The van der Waals surface area contributed by atoms with Crippen LogP contribution in [0.4, 0.5) is 0 Å². The number of carbonyl (C=O) groups excluding carboxylic acids is 3. The van der Waals surface area contributed by atoms with E-state index in [2.05, 4.69) is 277 Å². The number of esters is 3. The number of hydrogen-bond acceptors (Lipinski definition) is 9. The molecule has 15 aromatic rings. The van der Waals surface area contributed by atoms with Crippen LogP contribution in [0, 0.1) is 41.5 Å². The molecule has 0 atom stereocenters. The van der Waals surface area contributed by atoms with Crippen molar-refractivity contribution in [1.82, 2.24) is 42.4 Å². The lowest BCUT2D eigenvalue weighted by Gasteiger charge is -2.31. The number of para-hydroxylation sites is 6. The first kappa shape index (κ1) is 87.9. The van der Waals surface area contributed by atoms with Gasteiger partial charge in [0.25, 0.3) is 0 Å². The normalized spacial score (nSPS) is 14.1. The Labute approximate surface area is 744 Å². The molecule has 0 saturated carbocycles. The summed E-state index contributed by atoms with van der Waals surface area (Å²) in [5, 5.41) is 6.80. The molecule has 0 radical (unpaired) electrons. The molecule has 3 aliphatic rings. The van der Waals surface area contributed by atoms with E-state index in [0.717, 1.165) is 194 Å². The summed E-state index contributed by atoms with van der Waals surface area (Å²) in [5.41, 5.74) is 20.8. The highest BCUT2D eigenvalue weighted by molar-refractivity contribution is 6.04. The SMILES string of the molecule is CCCCCCCn1c(C)c(C2(c3c(C)n(CCCCCCC)c4ccccc34)OC(=O)c3ncccc32)c2ccccc21.CCCCCCn1c(C)c(C2(c3c(C)n(CCCCCC)c4ccccc34)OC(=O)c3ncccc32)c2ccccc21.CCCCCn1c(C)c(C2(c3c(C)n(CCCCC)c4ccccc34)OC(=O)c3ncccc32)c2ccccc21. The van der Waals surface area contributed by atoms with Crippen LogP contribution in [0.5, 0.6) is 0 Å². The number of cyclic esters (lactones) is 3. The van der Waals surface area contributed by atoms with Crippen LogP contribution in [0.2, 0.25) is 0 Å². The van der Waals surface area contributed by atoms with Gasteiger partial charge >= 0.3 is 17.9 Å². The van der Waals surface area contributed by atoms with Crippen molar-refractivity contribution in [3.63, 3.8) is 0 Å². The highest BCUT2D eigenvalue weighted by Gasteiger charge is 2.58. The summed E-state index contributed by atoms with van der Waals surface area (Å²) in [6.07, 6.45) is 33.8. The van der Waals surface area contributed by atoms with E-state index in [1.165, 1.54) is 149 Å². The van der Waals surface area contributed by atoms with Crippen molar-refractivity contribution < 1.29 is 28.6 Å². The van der Waals surface area contributed by atoms with Gasteiger partial charge in [0.15, 0.2) is 33.9 Å². The maximum atomic E-state index is 13.8. The summed E-state index contributed by atoms with van der Waals surface area (Å²) in [7, 11) is 0. The average Bonchev–Trinajstić information content (AvgIpc) is 1.53. The van der Waals surface area contributed by atoms with E-state index < -0.39 is 16.8 Å². The predicted octanol–water partition coefficient (Wildman–Crippen LogP) is 27.7. The van der Waals surface area contributed by atoms with Crippen LogP contribution in [0.25, 0.3) is 65.4 Å². The van der Waals surface area contributed by atoms with Crippen LogP contribution in [-0.2, 0) is 70.3 Å². The first-order chi connectivity index (χ1) is 61.6. The number of aryl methyl sites for hydroxylation is 6. The van der Waals surface area contributed by atoms with Gasteiger partial charge in [-0.1, -0.05) is 285 Å². The van der Waals surface area contributed by atoms with E-state index in [4.69, 9.17) is 14.2 Å². The minimum absolute atomic E-state index is 0.354. The van der Waals surface area contributed by atoms with Crippen LogP contribution >= 0.6 is 0 Å². The fourth-order valence-corrected chi connectivity index (χ4v) is 21.9. The average molecular weight is 1690 g/mol. The molecule has 0 spiro atoms. The molecule has 0 amide bonds. The van der Waals surface area contributed by atoms with E-state index in [9.17, 15) is 14.4 Å². The minimum atomic E-state index is -1.10. The van der Waals surface area contributed by atoms with Gasteiger partial charge in [-0.25, -0.2) is 29.3 Å². The Morgan fingerprint density at radius 2 is 0.405 bits per heavy atom. The quantitative estimate of drug-likeness (QED) is 0.0213. The van der Waals surface area contributed by atoms with Crippen LogP contribution < -0.4 is 0 Å². The molecule has 0 N–H and O–H groups in total. The molecule has 0 aliphatic carbocycles. The second-order valence-corrected chi connectivity index (χ2v) is 35.5. The zero-order valence-corrected chi connectivity index (χ0v) is 76.7. The second kappa shape index (κ2) is 38.7. The Morgan fingerprint density at radius 3 is 0.611 bits per heavy atom. The van der Waals surface area contributed by atoms with E-state index >= 15 is 0 Å². The lowest BCUT2D eigenvalue weighted by Crippen LogP contribution is -2.31. The fourth-order valence-electron chi connectivity index (χ4n) is 21.9. The molecule has 12 heterocycles. The maximum absolute atomic E-state index is 13.8. The van der Waals surface area contributed by atoms with E-state index in [1.54, 1.807) is 18.6 Å². The van der Waals surface area contributed by atoms with Gasteiger partial charge < -0.3 is 41.6 Å². The Balaban J connectivity index is 0.000000139. The van der Waals surface area contributed by atoms with Gasteiger partial charge in [0, 0.05) is 208 Å². The molecule has 9 aromatic heterocycles. The van der Waals surface area contributed by atoms with Gasteiger partial charge in [0.1, 0.15) is 0 Å². The number of hydrogen-bond donors (Lipinski definition) is 0. The number of fused-ring (bicyclic) bond motifs is 9. The zero-order chi connectivity index (χ0) is 87.8. The van der Waals surface area contributed by atoms with Crippen molar-refractivity contribution in [1.29, 1.82) is 0 Å². The van der Waals surface area contributed by atoms with Gasteiger partial charge in [0.05, 0.1) is 0 Å². The molecule has 15 nitrogen and oxygen atoms in total. The summed E-state index contributed by atoms with van der Waals surface area (Å²) < 4.78 is 34.9. The van der Waals surface area contributed by atoms with Crippen molar-refractivity contribution in [3.8, 4) is 0 Å². The summed E-state index contributed by atoms with van der Waals surface area (Å²) in [5.74, 6) is -1.07. The topological polar surface area (TPSA) is 147 Å². The Morgan fingerprint density at radius 1 is 0.230 bits per heavy atom. The van der Waals surface area contributed by atoms with Crippen molar-refractivity contribution in [2.75, 3.05) is 0 Å². The van der Waals surface area contributed by atoms with Gasteiger partial charge in [-0.2, -0.15) is 0 Å². The number of aromatic nitrogens is 9. The van der Waals surface area contributed by atoms with Crippen molar-refractivity contribution >= 4 is 83.3 Å². The predicted molar refractivity (Wildman–Crippen MR) is 514 cm³/mol. The Bertz CT molecular complexity index is 6160. The largest absolute Gasteiger partial charge is 0.439 e. The molecular weight excluding hydrogens is 1560 g/mol. The summed E-state index contributed by atoms with van der Waals surface area (Å²) in [6, 6.07) is 63.7. The summed E-state index contributed by atoms with van der Waals surface area (Å²) in [4.78, 5) is 54.9. The monoisotopic (exact) mass is 1680 g/mol. The van der Waals surface area contributed by atoms with Crippen LogP contribution in [0.1, 0.15) is 311 Å². The third kappa shape index (κ3) is 15.5. The minimum Gasteiger partial charge on any atom is -0.439 e. The number of carbonyl (C=O) groups is 3. The summed E-state index contributed by atoms with van der Waals surface area (Å²) >= 11 is 0. The Hall–Kier alpha value is -11.6. The lowest BCUT2D eigenvalue weighted by atomic mass is 9.78. The molecule has 0 saturated heterocycles. The van der Waals surface area contributed by atoms with Crippen LogP contribution in [-0.4, -0.2) is 60.3 Å². The molecule has 18 rings (SSSR count). The smallest absolute Gasteiger partial charge is 0.358 e. The van der Waals surface area contributed by atoms with E-state index in [-0.39, 0.29) is 17.9 Å². The van der Waals surface area contributed by atoms with Gasteiger partial charge in [0.2, 0.25) is 0 Å². The summed E-state index contributed by atoms with van der Waals surface area (Å²) in [6.45, 7) is 32.4. The number of ether oxygens (including phenoxy) is 3.